The van der Waals surface area contributed by atoms with E-state index in [1.807, 2.05) is 0 Å². The second-order valence-corrected chi connectivity index (χ2v) is 4.95. The number of hydrogen-bond acceptors (Lipinski definition) is 4. The lowest BCUT2D eigenvalue weighted by Gasteiger charge is -2.08. The molecule has 4 heteroatoms. The first kappa shape index (κ1) is 18.3. The largest absolute Gasteiger partial charge is 0.504 e. The van der Waals surface area contributed by atoms with Gasteiger partial charge in [-0.25, -0.2) is 0 Å². The first-order valence-corrected chi connectivity index (χ1v) is 6.54. The summed E-state index contributed by atoms with van der Waals surface area (Å²) in [5.74, 6) is 0.879. The highest BCUT2D eigenvalue weighted by Crippen LogP contribution is 2.26. The van der Waals surface area contributed by atoms with Crippen LogP contribution in [0, 0.1) is 5.92 Å². The van der Waals surface area contributed by atoms with Gasteiger partial charge in [0.15, 0.2) is 11.5 Å². The van der Waals surface area contributed by atoms with Crippen LogP contribution in [0.25, 0.3) is 0 Å². The van der Waals surface area contributed by atoms with Crippen molar-refractivity contribution < 1.29 is 19.4 Å². The van der Waals surface area contributed by atoms with Crippen LogP contribution >= 0.6 is 0 Å². The molecule has 0 aliphatic heterocycles. The van der Waals surface area contributed by atoms with Crippen LogP contribution in [0.15, 0.2) is 18.2 Å². The van der Waals surface area contributed by atoms with E-state index in [9.17, 15) is 9.90 Å². The number of phenolic OH excluding ortho intramolecular Hbond substituents is 1. The zero-order valence-corrected chi connectivity index (χ0v) is 11.8. The number of methoxy groups -OCH3 is 1. The fourth-order valence-corrected chi connectivity index (χ4v) is 1.70. The van der Waals surface area contributed by atoms with Gasteiger partial charge in [-0.1, -0.05) is 33.8 Å². The van der Waals surface area contributed by atoms with Gasteiger partial charge >= 0.3 is 5.97 Å². The van der Waals surface area contributed by atoms with Gasteiger partial charge < -0.3 is 14.6 Å². The lowest BCUT2D eigenvalue weighted by molar-refractivity contribution is -0.145. The third-order valence-electron chi connectivity index (χ3n) is 2.81. The van der Waals surface area contributed by atoms with Crippen molar-refractivity contribution in [2.75, 3.05) is 7.11 Å². The van der Waals surface area contributed by atoms with Crippen LogP contribution in [0.4, 0.5) is 0 Å². The lowest BCUT2D eigenvalue weighted by atomic mass is 10.1. The molecular formula is C16H26O4. The normalized spacial score (nSPS) is 10.0. The number of phenols is 1. The molecule has 0 bridgehead atoms. The van der Waals surface area contributed by atoms with Crippen LogP contribution in [-0.4, -0.2) is 18.2 Å². The summed E-state index contributed by atoms with van der Waals surface area (Å²) in [5.41, 5.74) is 0.798. The summed E-state index contributed by atoms with van der Waals surface area (Å²) in [6.45, 7) is 4.47. The molecule has 0 radical (unpaired) electrons. The predicted molar refractivity (Wildman–Crippen MR) is 79.9 cm³/mol. The summed E-state index contributed by atoms with van der Waals surface area (Å²) in [6.07, 6.45) is 2.34. The monoisotopic (exact) mass is 282 g/mol. The second kappa shape index (κ2) is 9.23. The van der Waals surface area contributed by atoms with E-state index in [-0.39, 0.29) is 25.8 Å². The van der Waals surface area contributed by atoms with Crippen LogP contribution < -0.4 is 4.74 Å². The Morgan fingerprint density at radius 2 is 2.05 bits per heavy atom. The number of carbonyl (C=O) groups is 1. The summed E-state index contributed by atoms with van der Waals surface area (Å²) < 4.78 is 10.2. The Hall–Kier alpha value is -1.71. The molecule has 0 amide bonds. The van der Waals surface area contributed by atoms with Crippen molar-refractivity contribution in [2.45, 2.75) is 47.1 Å². The Kier molecular flexibility index (Phi) is 8.45. The van der Waals surface area contributed by atoms with Crippen molar-refractivity contribution in [3.63, 3.8) is 0 Å². The molecule has 0 heterocycles. The van der Waals surface area contributed by atoms with Gasteiger partial charge in [0.2, 0.25) is 0 Å². The van der Waals surface area contributed by atoms with Gasteiger partial charge in [0.25, 0.3) is 0 Å². The smallest absolute Gasteiger partial charge is 0.306 e. The average molecular weight is 282 g/mol. The van der Waals surface area contributed by atoms with Crippen molar-refractivity contribution in [3.05, 3.63) is 23.8 Å². The molecule has 20 heavy (non-hydrogen) atoms. The summed E-state index contributed by atoms with van der Waals surface area (Å²) in [7, 11) is 1.48. The molecule has 0 saturated heterocycles. The van der Waals surface area contributed by atoms with Gasteiger partial charge in [-0.3, -0.25) is 4.79 Å². The Balaban J connectivity index is 0.00000361. The summed E-state index contributed by atoms with van der Waals surface area (Å²) in [6, 6.07) is 4.90. The Morgan fingerprint density at radius 1 is 1.35 bits per heavy atom. The van der Waals surface area contributed by atoms with Crippen LogP contribution in [0.3, 0.4) is 0 Å². The van der Waals surface area contributed by atoms with Gasteiger partial charge in [-0.05, 0) is 30.0 Å². The molecule has 0 fully saturated rings. The molecule has 0 aliphatic carbocycles. The zero-order chi connectivity index (χ0) is 14.3. The van der Waals surface area contributed by atoms with Gasteiger partial charge in [0.1, 0.15) is 6.61 Å². The van der Waals surface area contributed by atoms with E-state index in [4.69, 9.17) is 9.47 Å². The first-order valence-electron chi connectivity index (χ1n) is 6.54. The van der Waals surface area contributed by atoms with E-state index in [1.165, 1.54) is 13.2 Å². The van der Waals surface area contributed by atoms with Crippen molar-refractivity contribution >= 4 is 5.97 Å². The topological polar surface area (TPSA) is 55.8 Å². The molecule has 1 rings (SSSR count). The molecule has 4 nitrogen and oxygen atoms in total. The maximum atomic E-state index is 11.5. The molecule has 0 atom stereocenters. The molecule has 0 aromatic heterocycles. The summed E-state index contributed by atoms with van der Waals surface area (Å²) in [5, 5.41) is 9.45. The molecule has 1 N–H and O–H groups in total. The number of esters is 1. The summed E-state index contributed by atoms with van der Waals surface area (Å²) >= 11 is 0. The highest BCUT2D eigenvalue weighted by molar-refractivity contribution is 5.69. The molecule has 0 unspecified atom stereocenters. The van der Waals surface area contributed by atoms with Gasteiger partial charge in [-0.15, -0.1) is 0 Å². The van der Waals surface area contributed by atoms with Crippen LogP contribution in [-0.2, 0) is 16.1 Å². The number of benzene rings is 1. The minimum Gasteiger partial charge on any atom is -0.504 e. The lowest BCUT2D eigenvalue weighted by Crippen LogP contribution is -2.05. The minimum atomic E-state index is -0.187. The van der Waals surface area contributed by atoms with Crippen molar-refractivity contribution in [1.29, 1.82) is 0 Å². The zero-order valence-electron chi connectivity index (χ0n) is 11.8. The number of hydrogen-bond donors (Lipinski definition) is 1. The standard InChI is InChI=1S/C15H22O4.CH4/c1-11(2)5-4-6-15(17)19-10-12-7-8-13(16)14(9-12)18-3;/h7-9,11,16H,4-6,10H2,1-3H3;1H4. The van der Waals surface area contributed by atoms with E-state index < -0.39 is 0 Å². The van der Waals surface area contributed by atoms with Gasteiger partial charge in [0.05, 0.1) is 7.11 Å². The third kappa shape index (κ3) is 6.45. The summed E-state index contributed by atoms with van der Waals surface area (Å²) in [4.78, 5) is 11.5. The highest BCUT2D eigenvalue weighted by atomic mass is 16.5. The molecule has 0 saturated carbocycles. The molecule has 1 aromatic rings. The van der Waals surface area contributed by atoms with Crippen LogP contribution in [0.1, 0.15) is 46.1 Å². The quantitative estimate of drug-likeness (QED) is 0.770. The molecule has 1 aromatic carbocycles. The highest BCUT2D eigenvalue weighted by Gasteiger charge is 2.07. The average Bonchev–Trinajstić information content (AvgIpc) is 2.37. The first-order chi connectivity index (χ1) is 9.02. The fourth-order valence-electron chi connectivity index (χ4n) is 1.70. The van der Waals surface area contributed by atoms with E-state index in [2.05, 4.69) is 13.8 Å². The predicted octanol–water partition coefficient (Wildman–Crippen LogP) is 3.91. The minimum absolute atomic E-state index is 0. The Labute approximate surface area is 121 Å². The maximum absolute atomic E-state index is 11.5. The van der Waals surface area contributed by atoms with E-state index in [1.54, 1.807) is 12.1 Å². The van der Waals surface area contributed by atoms with Crippen molar-refractivity contribution in [1.82, 2.24) is 0 Å². The van der Waals surface area contributed by atoms with Gasteiger partial charge in [-0.2, -0.15) is 0 Å². The Bertz CT molecular complexity index is 413. The molecule has 0 spiro atoms. The SMILES string of the molecule is C.COc1cc(COC(=O)CCCC(C)C)ccc1O. The second-order valence-electron chi connectivity index (χ2n) is 4.95. The third-order valence-corrected chi connectivity index (χ3v) is 2.81. The molecular weight excluding hydrogens is 256 g/mol. The van der Waals surface area contributed by atoms with Crippen molar-refractivity contribution in [3.8, 4) is 11.5 Å². The van der Waals surface area contributed by atoms with Crippen LogP contribution in [0.5, 0.6) is 11.5 Å². The van der Waals surface area contributed by atoms with E-state index in [0.717, 1.165) is 18.4 Å². The number of aromatic hydroxyl groups is 1. The number of carbonyl (C=O) groups excluding carboxylic acids is 1. The molecule has 114 valence electrons. The van der Waals surface area contributed by atoms with Gasteiger partial charge in [0, 0.05) is 6.42 Å². The molecule has 0 aliphatic rings. The number of ether oxygens (including phenoxy) is 2. The Morgan fingerprint density at radius 3 is 2.65 bits per heavy atom. The van der Waals surface area contributed by atoms with Crippen molar-refractivity contribution in [2.24, 2.45) is 5.92 Å². The van der Waals surface area contributed by atoms with Crippen LogP contribution in [0.2, 0.25) is 0 Å². The maximum Gasteiger partial charge on any atom is 0.306 e. The van der Waals surface area contributed by atoms with E-state index in [0.29, 0.717) is 18.1 Å². The fraction of sp³-hybridized carbons (Fsp3) is 0.562. The number of rotatable bonds is 7. The van der Waals surface area contributed by atoms with E-state index >= 15 is 0 Å².